The van der Waals surface area contributed by atoms with E-state index in [9.17, 15) is 14.0 Å². The fraction of sp³-hybridized carbons (Fsp3) is 0.0667. The van der Waals surface area contributed by atoms with Crippen LogP contribution in [-0.4, -0.2) is 11.6 Å². The number of rotatable bonds is 3. The summed E-state index contributed by atoms with van der Waals surface area (Å²) in [4.78, 5) is 24.0. The summed E-state index contributed by atoms with van der Waals surface area (Å²) in [5, 5.41) is 0.237. The van der Waals surface area contributed by atoms with Gasteiger partial charge in [0.2, 0.25) is 11.6 Å². The molecule has 0 fully saturated rings. The lowest BCUT2D eigenvalue weighted by Gasteiger charge is -2.04. The van der Waals surface area contributed by atoms with Crippen molar-refractivity contribution in [2.45, 2.75) is 6.92 Å². The number of carbonyl (C=O) groups excluding carboxylic acids is 2. The van der Waals surface area contributed by atoms with Crippen LogP contribution in [0, 0.1) is 12.7 Å². The van der Waals surface area contributed by atoms with E-state index in [1.807, 2.05) is 6.92 Å². The van der Waals surface area contributed by atoms with Crippen molar-refractivity contribution >= 4 is 23.2 Å². The average molecular weight is 277 g/mol. The quantitative estimate of drug-likeness (QED) is 0.630. The Morgan fingerprint density at radius 2 is 1.63 bits per heavy atom. The van der Waals surface area contributed by atoms with Crippen molar-refractivity contribution in [2.75, 3.05) is 0 Å². The largest absolute Gasteiger partial charge is 0.285 e. The summed E-state index contributed by atoms with van der Waals surface area (Å²) in [6, 6.07) is 9.66. The molecule has 2 aromatic rings. The first-order chi connectivity index (χ1) is 8.99. The molecule has 0 spiro atoms. The summed E-state index contributed by atoms with van der Waals surface area (Å²) >= 11 is 5.95. The predicted octanol–water partition coefficient (Wildman–Crippen LogP) is 3.85. The predicted molar refractivity (Wildman–Crippen MR) is 71.3 cm³/mol. The molecule has 2 nitrogen and oxygen atoms in total. The highest BCUT2D eigenvalue weighted by molar-refractivity contribution is 6.51. The Morgan fingerprint density at radius 1 is 1.00 bits per heavy atom. The van der Waals surface area contributed by atoms with E-state index in [2.05, 4.69) is 0 Å². The Labute approximate surface area is 114 Å². The number of hydrogen-bond donors (Lipinski definition) is 0. The number of hydrogen-bond acceptors (Lipinski definition) is 2. The third-order valence-electron chi connectivity index (χ3n) is 2.68. The van der Waals surface area contributed by atoms with Gasteiger partial charge in [0.1, 0.15) is 5.82 Å². The van der Waals surface area contributed by atoms with E-state index in [-0.39, 0.29) is 16.1 Å². The summed E-state index contributed by atoms with van der Waals surface area (Å²) < 4.78 is 12.8. The summed E-state index contributed by atoms with van der Waals surface area (Å²) in [6.45, 7) is 1.84. The minimum absolute atomic E-state index is 0.142. The number of aryl methyl sites for hydroxylation is 1. The van der Waals surface area contributed by atoms with E-state index in [0.29, 0.717) is 0 Å². The fourth-order valence-corrected chi connectivity index (χ4v) is 1.98. The molecule has 4 heteroatoms. The maximum atomic E-state index is 12.8. The van der Waals surface area contributed by atoms with Crippen LogP contribution >= 0.6 is 11.6 Å². The van der Waals surface area contributed by atoms with Gasteiger partial charge in [0, 0.05) is 11.1 Å². The maximum absolute atomic E-state index is 12.8. The first kappa shape index (κ1) is 13.4. The molecule has 2 rings (SSSR count). The molecule has 2 aromatic carbocycles. The highest BCUT2D eigenvalue weighted by atomic mass is 35.5. The third-order valence-corrected chi connectivity index (χ3v) is 2.99. The molecule has 0 aliphatic carbocycles. The molecule has 0 heterocycles. The SMILES string of the molecule is Cc1ccc(C(=O)C(=O)c2ccc(F)cc2)c(Cl)c1. The zero-order valence-electron chi connectivity index (χ0n) is 10.1. The second-order valence-electron chi connectivity index (χ2n) is 4.15. The van der Waals surface area contributed by atoms with E-state index < -0.39 is 17.4 Å². The zero-order valence-corrected chi connectivity index (χ0v) is 10.9. The average Bonchev–Trinajstić information content (AvgIpc) is 2.38. The minimum Gasteiger partial charge on any atom is -0.285 e. The van der Waals surface area contributed by atoms with Crippen LogP contribution in [0.5, 0.6) is 0 Å². The molecule has 96 valence electrons. The molecule has 0 unspecified atom stereocenters. The molecule has 0 atom stereocenters. The lowest BCUT2D eigenvalue weighted by molar-refractivity contribution is 0.0817. The van der Waals surface area contributed by atoms with Gasteiger partial charge in [-0.25, -0.2) is 4.39 Å². The molecule has 0 amide bonds. The second kappa shape index (κ2) is 5.33. The van der Waals surface area contributed by atoms with Crippen molar-refractivity contribution in [2.24, 2.45) is 0 Å². The van der Waals surface area contributed by atoms with Gasteiger partial charge in [0.05, 0.1) is 5.02 Å². The Balaban J connectivity index is 2.33. The van der Waals surface area contributed by atoms with Crippen LogP contribution in [0.15, 0.2) is 42.5 Å². The normalized spacial score (nSPS) is 10.3. The zero-order chi connectivity index (χ0) is 14.0. The van der Waals surface area contributed by atoms with Crippen molar-refractivity contribution in [1.29, 1.82) is 0 Å². The van der Waals surface area contributed by atoms with E-state index in [0.717, 1.165) is 17.7 Å². The van der Waals surface area contributed by atoms with Gasteiger partial charge < -0.3 is 0 Å². The highest BCUT2D eigenvalue weighted by Crippen LogP contribution is 2.19. The summed E-state index contributed by atoms with van der Waals surface area (Å²) in [7, 11) is 0. The van der Waals surface area contributed by atoms with Crippen LogP contribution in [0.3, 0.4) is 0 Å². The highest BCUT2D eigenvalue weighted by Gasteiger charge is 2.20. The van der Waals surface area contributed by atoms with Gasteiger partial charge in [0.15, 0.2) is 0 Å². The van der Waals surface area contributed by atoms with E-state index in [1.165, 1.54) is 18.2 Å². The van der Waals surface area contributed by atoms with Gasteiger partial charge in [-0.3, -0.25) is 9.59 Å². The van der Waals surface area contributed by atoms with E-state index in [1.54, 1.807) is 12.1 Å². The first-order valence-corrected chi connectivity index (χ1v) is 5.97. The van der Waals surface area contributed by atoms with Crippen LogP contribution in [0.1, 0.15) is 26.3 Å². The first-order valence-electron chi connectivity index (χ1n) is 5.60. The van der Waals surface area contributed by atoms with Gasteiger partial charge >= 0.3 is 0 Å². The molecular weight excluding hydrogens is 267 g/mol. The standard InChI is InChI=1S/C15H10ClFO2/c1-9-2-7-12(13(16)8-9)15(19)14(18)10-3-5-11(17)6-4-10/h2-8H,1H3. The molecule has 0 N–H and O–H groups in total. The number of Topliss-reactive ketones (excluding diaryl/α,β-unsaturated/α-hetero) is 2. The molecule has 0 aromatic heterocycles. The smallest absolute Gasteiger partial charge is 0.235 e. The maximum Gasteiger partial charge on any atom is 0.235 e. The van der Waals surface area contributed by atoms with Gasteiger partial charge in [-0.05, 0) is 48.9 Å². The van der Waals surface area contributed by atoms with Crippen LogP contribution in [-0.2, 0) is 0 Å². The summed E-state index contributed by atoms with van der Waals surface area (Å²) in [5.74, 6) is -1.86. The van der Waals surface area contributed by atoms with Crippen LogP contribution in [0.25, 0.3) is 0 Å². The van der Waals surface area contributed by atoms with Gasteiger partial charge in [-0.15, -0.1) is 0 Å². The second-order valence-corrected chi connectivity index (χ2v) is 4.56. The number of carbonyl (C=O) groups is 2. The molecule has 19 heavy (non-hydrogen) atoms. The van der Waals surface area contributed by atoms with Crippen molar-refractivity contribution < 1.29 is 14.0 Å². The molecule has 0 bridgehead atoms. The monoisotopic (exact) mass is 276 g/mol. The lowest BCUT2D eigenvalue weighted by atomic mass is 10.0. The third kappa shape index (κ3) is 2.88. The van der Waals surface area contributed by atoms with Gasteiger partial charge in [0.25, 0.3) is 0 Å². The molecule has 0 radical (unpaired) electrons. The molecule has 0 aliphatic heterocycles. The van der Waals surface area contributed by atoms with E-state index >= 15 is 0 Å². The number of halogens is 2. The molecule has 0 saturated heterocycles. The van der Waals surface area contributed by atoms with Crippen LogP contribution < -0.4 is 0 Å². The van der Waals surface area contributed by atoms with Gasteiger partial charge in [-0.2, -0.15) is 0 Å². The fourth-order valence-electron chi connectivity index (χ4n) is 1.66. The molecule has 0 aliphatic rings. The van der Waals surface area contributed by atoms with Crippen molar-refractivity contribution in [3.05, 3.63) is 70.0 Å². The van der Waals surface area contributed by atoms with Crippen LogP contribution in [0.4, 0.5) is 4.39 Å². The van der Waals surface area contributed by atoms with Crippen molar-refractivity contribution in [1.82, 2.24) is 0 Å². The Bertz CT molecular complexity index is 648. The van der Waals surface area contributed by atoms with Crippen molar-refractivity contribution in [3.8, 4) is 0 Å². The lowest BCUT2D eigenvalue weighted by Crippen LogP contribution is -2.15. The topological polar surface area (TPSA) is 34.1 Å². The number of benzene rings is 2. The van der Waals surface area contributed by atoms with Crippen LogP contribution in [0.2, 0.25) is 5.02 Å². The minimum atomic E-state index is -0.703. The van der Waals surface area contributed by atoms with Gasteiger partial charge in [-0.1, -0.05) is 17.7 Å². The Kier molecular flexibility index (Phi) is 3.76. The van der Waals surface area contributed by atoms with E-state index in [4.69, 9.17) is 11.6 Å². The number of ketones is 2. The summed E-state index contributed by atoms with van der Waals surface area (Å²) in [5.41, 5.74) is 1.19. The molecular formula is C15H10ClFO2. The summed E-state index contributed by atoms with van der Waals surface area (Å²) in [6.07, 6.45) is 0. The Morgan fingerprint density at radius 3 is 2.21 bits per heavy atom. The Hall–Kier alpha value is -2.00. The van der Waals surface area contributed by atoms with Crippen molar-refractivity contribution in [3.63, 3.8) is 0 Å². The molecule has 0 saturated carbocycles.